The van der Waals surface area contributed by atoms with Crippen molar-refractivity contribution in [3.8, 4) is 0 Å². The first kappa shape index (κ1) is 10.6. The summed E-state index contributed by atoms with van der Waals surface area (Å²) in [6.07, 6.45) is 0. The molecule has 3 heteroatoms. The first-order chi connectivity index (χ1) is 6.63. The van der Waals surface area contributed by atoms with Crippen LogP contribution in [0.1, 0.15) is 12.5 Å². The van der Waals surface area contributed by atoms with Gasteiger partial charge in [-0.2, -0.15) is 0 Å². The maximum absolute atomic E-state index is 11.1. The molecular weight excluding hydrogens is 178 g/mol. The Balaban J connectivity index is 2.64. The molecule has 0 heterocycles. The van der Waals surface area contributed by atoms with Crippen LogP contribution in [0, 0.1) is 6.92 Å². The highest BCUT2D eigenvalue weighted by Gasteiger charge is 2.11. The van der Waals surface area contributed by atoms with E-state index < -0.39 is 0 Å². The van der Waals surface area contributed by atoms with Crippen LogP contribution in [-0.4, -0.2) is 19.1 Å². The summed E-state index contributed by atoms with van der Waals surface area (Å²) >= 11 is 0. The smallest absolute Gasteiger partial charge is 0.327 e. The number of ether oxygens (including phenoxy) is 1. The summed E-state index contributed by atoms with van der Waals surface area (Å²) in [5.41, 5.74) is 2.09. The predicted molar refractivity (Wildman–Crippen MR) is 56.3 cm³/mol. The fraction of sp³-hybridized carbons (Fsp3) is 0.364. The van der Waals surface area contributed by atoms with E-state index in [4.69, 9.17) is 0 Å². The molecule has 1 rings (SSSR count). The second-order valence-electron chi connectivity index (χ2n) is 3.26. The normalized spacial score (nSPS) is 11.9. The van der Waals surface area contributed by atoms with E-state index >= 15 is 0 Å². The Morgan fingerprint density at radius 1 is 1.50 bits per heavy atom. The van der Waals surface area contributed by atoms with Crippen molar-refractivity contribution in [2.45, 2.75) is 19.9 Å². The zero-order valence-electron chi connectivity index (χ0n) is 8.70. The molecule has 0 unspecified atom stereocenters. The van der Waals surface area contributed by atoms with Crippen LogP contribution < -0.4 is 5.32 Å². The van der Waals surface area contributed by atoms with Gasteiger partial charge in [-0.3, -0.25) is 0 Å². The Hall–Kier alpha value is -1.51. The minimum Gasteiger partial charge on any atom is -0.467 e. The number of carbonyl (C=O) groups excluding carboxylic acids is 1. The van der Waals surface area contributed by atoms with E-state index in [0.29, 0.717) is 0 Å². The molecule has 0 aliphatic carbocycles. The van der Waals surface area contributed by atoms with Crippen molar-refractivity contribution >= 4 is 11.7 Å². The summed E-state index contributed by atoms with van der Waals surface area (Å²) in [6.45, 7) is 3.78. The third-order valence-corrected chi connectivity index (χ3v) is 1.96. The lowest BCUT2D eigenvalue weighted by atomic mass is 10.2. The zero-order chi connectivity index (χ0) is 10.6. The first-order valence-electron chi connectivity index (χ1n) is 4.54. The minimum absolute atomic E-state index is 0.258. The molecule has 3 nitrogen and oxygen atoms in total. The highest BCUT2D eigenvalue weighted by atomic mass is 16.5. The van der Waals surface area contributed by atoms with Gasteiger partial charge in [-0.1, -0.05) is 12.1 Å². The fourth-order valence-electron chi connectivity index (χ4n) is 1.22. The lowest BCUT2D eigenvalue weighted by Gasteiger charge is -2.12. The Bertz CT molecular complexity index is 323. The van der Waals surface area contributed by atoms with Gasteiger partial charge >= 0.3 is 5.97 Å². The van der Waals surface area contributed by atoms with Gasteiger partial charge in [0.1, 0.15) is 6.04 Å². The Kier molecular flexibility index (Phi) is 3.51. The average Bonchev–Trinajstić information content (AvgIpc) is 2.16. The van der Waals surface area contributed by atoms with Crippen molar-refractivity contribution < 1.29 is 9.53 Å². The van der Waals surface area contributed by atoms with Crippen LogP contribution in [0.3, 0.4) is 0 Å². The number of anilines is 1. The van der Waals surface area contributed by atoms with Crippen LogP contribution in [0.25, 0.3) is 0 Å². The topological polar surface area (TPSA) is 38.3 Å². The molecular formula is C11H15NO2. The van der Waals surface area contributed by atoms with Gasteiger partial charge in [0, 0.05) is 5.69 Å². The second kappa shape index (κ2) is 4.65. The summed E-state index contributed by atoms with van der Waals surface area (Å²) in [4.78, 5) is 11.1. The summed E-state index contributed by atoms with van der Waals surface area (Å²) in [5.74, 6) is -0.258. The van der Waals surface area contributed by atoms with E-state index in [1.807, 2.05) is 31.2 Å². The Morgan fingerprint density at radius 2 is 2.21 bits per heavy atom. The summed E-state index contributed by atoms with van der Waals surface area (Å²) in [7, 11) is 1.39. The van der Waals surface area contributed by atoms with Crippen LogP contribution in [0.15, 0.2) is 24.3 Å². The molecule has 76 valence electrons. The lowest BCUT2D eigenvalue weighted by molar-refractivity contribution is -0.141. The SMILES string of the molecule is COC(=O)[C@H](C)Nc1cccc(C)c1. The van der Waals surface area contributed by atoms with E-state index in [-0.39, 0.29) is 12.0 Å². The molecule has 0 saturated heterocycles. The van der Waals surface area contributed by atoms with E-state index in [1.165, 1.54) is 7.11 Å². The number of hydrogen-bond acceptors (Lipinski definition) is 3. The van der Waals surface area contributed by atoms with Crippen molar-refractivity contribution in [3.63, 3.8) is 0 Å². The predicted octanol–water partition coefficient (Wildman–Crippen LogP) is 1.97. The zero-order valence-corrected chi connectivity index (χ0v) is 8.70. The van der Waals surface area contributed by atoms with Crippen molar-refractivity contribution in [2.24, 2.45) is 0 Å². The molecule has 0 aromatic heterocycles. The molecule has 1 aromatic rings. The first-order valence-corrected chi connectivity index (χ1v) is 4.54. The van der Waals surface area contributed by atoms with Crippen molar-refractivity contribution in [2.75, 3.05) is 12.4 Å². The number of esters is 1. The molecule has 14 heavy (non-hydrogen) atoms. The van der Waals surface area contributed by atoms with Gasteiger partial charge in [0.15, 0.2) is 0 Å². The van der Waals surface area contributed by atoms with Crippen LogP contribution in [0.5, 0.6) is 0 Å². The van der Waals surface area contributed by atoms with Gasteiger partial charge < -0.3 is 10.1 Å². The number of methoxy groups -OCH3 is 1. The molecule has 0 aliphatic rings. The standard InChI is InChI=1S/C11H15NO2/c1-8-5-4-6-10(7-8)12-9(2)11(13)14-3/h4-7,9,12H,1-3H3/t9-/m0/s1. The minimum atomic E-state index is -0.318. The van der Waals surface area contributed by atoms with Crippen LogP contribution in [0.4, 0.5) is 5.69 Å². The monoisotopic (exact) mass is 193 g/mol. The Morgan fingerprint density at radius 3 is 2.79 bits per heavy atom. The van der Waals surface area contributed by atoms with Crippen LogP contribution in [-0.2, 0) is 9.53 Å². The van der Waals surface area contributed by atoms with E-state index in [9.17, 15) is 4.79 Å². The maximum Gasteiger partial charge on any atom is 0.327 e. The molecule has 0 bridgehead atoms. The largest absolute Gasteiger partial charge is 0.467 e. The number of benzene rings is 1. The molecule has 0 amide bonds. The molecule has 0 fully saturated rings. The highest BCUT2D eigenvalue weighted by molar-refractivity contribution is 5.78. The summed E-state index contributed by atoms with van der Waals surface area (Å²) in [6, 6.07) is 7.54. The molecule has 0 aliphatic heterocycles. The molecule has 0 saturated carbocycles. The quantitative estimate of drug-likeness (QED) is 0.746. The summed E-state index contributed by atoms with van der Waals surface area (Å²) in [5, 5.41) is 3.06. The number of carbonyl (C=O) groups is 1. The van der Waals surface area contributed by atoms with E-state index in [0.717, 1.165) is 11.3 Å². The average molecular weight is 193 g/mol. The van der Waals surface area contributed by atoms with Gasteiger partial charge in [0.2, 0.25) is 0 Å². The number of nitrogens with one attached hydrogen (secondary N) is 1. The molecule has 0 radical (unpaired) electrons. The van der Waals surface area contributed by atoms with Gasteiger partial charge in [-0.05, 0) is 31.5 Å². The fourth-order valence-corrected chi connectivity index (χ4v) is 1.22. The number of rotatable bonds is 3. The van der Waals surface area contributed by atoms with Gasteiger partial charge in [0.25, 0.3) is 0 Å². The number of aryl methyl sites for hydroxylation is 1. The van der Waals surface area contributed by atoms with E-state index in [2.05, 4.69) is 10.1 Å². The third-order valence-electron chi connectivity index (χ3n) is 1.96. The van der Waals surface area contributed by atoms with E-state index in [1.54, 1.807) is 6.92 Å². The highest BCUT2D eigenvalue weighted by Crippen LogP contribution is 2.10. The molecule has 1 atom stereocenters. The molecule has 0 spiro atoms. The van der Waals surface area contributed by atoms with Crippen molar-refractivity contribution in [3.05, 3.63) is 29.8 Å². The molecule has 1 N–H and O–H groups in total. The summed E-state index contributed by atoms with van der Waals surface area (Å²) < 4.78 is 4.61. The van der Waals surface area contributed by atoms with Crippen LogP contribution >= 0.6 is 0 Å². The van der Waals surface area contributed by atoms with Crippen molar-refractivity contribution in [1.82, 2.24) is 0 Å². The maximum atomic E-state index is 11.1. The molecule has 1 aromatic carbocycles. The van der Waals surface area contributed by atoms with Crippen LogP contribution in [0.2, 0.25) is 0 Å². The second-order valence-corrected chi connectivity index (χ2v) is 3.26. The van der Waals surface area contributed by atoms with Gasteiger partial charge in [0.05, 0.1) is 7.11 Å². The Labute approximate surface area is 84.1 Å². The van der Waals surface area contributed by atoms with Crippen molar-refractivity contribution in [1.29, 1.82) is 0 Å². The number of hydrogen-bond donors (Lipinski definition) is 1. The van der Waals surface area contributed by atoms with Gasteiger partial charge in [-0.15, -0.1) is 0 Å². The van der Waals surface area contributed by atoms with Gasteiger partial charge in [-0.25, -0.2) is 4.79 Å². The lowest BCUT2D eigenvalue weighted by Crippen LogP contribution is -2.27. The third kappa shape index (κ3) is 2.76.